The first kappa shape index (κ1) is 20.1. The molecule has 3 aromatic rings. The number of ether oxygens (including phenoxy) is 1. The van der Waals surface area contributed by atoms with Crippen molar-refractivity contribution in [3.63, 3.8) is 0 Å². The minimum atomic E-state index is -0.372. The largest absolute Gasteiger partial charge is 0.484 e. The highest BCUT2D eigenvalue weighted by Gasteiger charge is 2.09. The summed E-state index contributed by atoms with van der Waals surface area (Å²) in [4.78, 5) is 25.3. The van der Waals surface area contributed by atoms with Crippen LogP contribution < -0.4 is 4.74 Å². The Hall–Kier alpha value is -3.67. The number of halogens is 1. The van der Waals surface area contributed by atoms with E-state index in [-0.39, 0.29) is 24.1 Å². The predicted molar refractivity (Wildman–Crippen MR) is 108 cm³/mol. The van der Waals surface area contributed by atoms with Gasteiger partial charge in [0.15, 0.2) is 12.4 Å². The lowest BCUT2D eigenvalue weighted by Crippen LogP contribution is -2.27. The van der Waals surface area contributed by atoms with Gasteiger partial charge in [-0.25, -0.2) is 4.39 Å². The molecule has 6 heteroatoms. The Morgan fingerprint density at radius 3 is 2.45 bits per heavy atom. The molecule has 0 spiro atoms. The highest BCUT2D eigenvalue weighted by atomic mass is 19.1. The summed E-state index contributed by atoms with van der Waals surface area (Å²) in [5, 5.41) is 0. The van der Waals surface area contributed by atoms with Crippen LogP contribution in [-0.4, -0.2) is 37.3 Å². The third-order valence-electron chi connectivity index (χ3n) is 4.17. The zero-order chi connectivity index (χ0) is 20.8. The Balaban J connectivity index is 1.62. The summed E-state index contributed by atoms with van der Waals surface area (Å²) >= 11 is 0. The maximum absolute atomic E-state index is 13.8. The van der Waals surface area contributed by atoms with Crippen molar-refractivity contribution >= 4 is 17.8 Å². The van der Waals surface area contributed by atoms with Gasteiger partial charge in [0.1, 0.15) is 23.1 Å². The molecular weight excluding hydrogens is 373 g/mol. The molecule has 2 aromatic carbocycles. The standard InChI is InChI=1S/C23H20FNO4/c1-25(2)23(27)15-28-17-9-7-16(8-10-17)21(26)13-11-18-12-14-22(29-18)19-5-3-4-6-20(19)24/h3-14H,15H2,1-2H3/b13-11+. The number of allylic oxidation sites excluding steroid dienone is 1. The number of ketones is 1. The van der Waals surface area contributed by atoms with Crippen LogP contribution >= 0.6 is 0 Å². The molecule has 29 heavy (non-hydrogen) atoms. The molecule has 1 amide bonds. The lowest BCUT2D eigenvalue weighted by atomic mass is 10.1. The first-order valence-corrected chi connectivity index (χ1v) is 8.94. The predicted octanol–water partition coefficient (Wildman–Crippen LogP) is 4.45. The molecule has 0 radical (unpaired) electrons. The Bertz CT molecular complexity index is 1040. The molecule has 0 unspecified atom stereocenters. The van der Waals surface area contributed by atoms with Gasteiger partial charge in [-0.15, -0.1) is 0 Å². The molecule has 0 aliphatic heterocycles. The number of amides is 1. The molecule has 1 heterocycles. The fraction of sp³-hybridized carbons (Fsp3) is 0.130. The van der Waals surface area contributed by atoms with Crippen molar-refractivity contribution in [3.05, 3.63) is 83.9 Å². The van der Waals surface area contributed by atoms with E-state index in [9.17, 15) is 14.0 Å². The summed E-state index contributed by atoms with van der Waals surface area (Å²) in [6.45, 7) is -0.0664. The van der Waals surface area contributed by atoms with Crippen LogP contribution in [0.25, 0.3) is 17.4 Å². The first-order chi connectivity index (χ1) is 13.9. The van der Waals surface area contributed by atoms with Crippen LogP contribution in [0.1, 0.15) is 16.1 Å². The van der Waals surface area contributed by atoms with Gasteiger partial charge in [-0.1, -0.05) is 12.1 Å². The minimum absolute atomic E-state index is 0.0664. The SMILES string of the molecule is CN(C)C(=O)COc1ccc(C(=O)/C=C/c2ccc(-c3ccccc3F)o2)cc1. The number of rotatable bonds is 7. The number of hydrogen-bond acceptors (Lipinski definition) is 4. The van der Waals surface area contributed by atoms with Crippen LogP contribution in [0.2, 0.25) is 0 Å². The van der Waals surface area contributed by atoms with Crippen LogP contribution in [0.5, 0.6) is 5.75 Å². The molecule has 0 saturated carbocycles. The van der Waals surface area contributed by atoms with Crippen molar-refractivity contribution in [1.82, 2.24) is 4.90 Å². The molecule has 0 fully saturated rings. The second kappa shape index (κ2) is 9.01. The molecule has 0 atom stereocenters. The van der Waals surface area contributed by atoms with Crippen LogP contribution in [0.3, 0.4) is 0 Å². The molecule has 148 valence electrons. The van der Waals surface area contributed by atoms with Gasteiger partial charge >= 0.3 is 0 Å². The molecule has 0 aliphatic rings. The molecule has 0 aliphatic carbocycles. The average Bonchev–Trinajstić information content (AvgIpc) is 3.19. The van der Waals surface area contributed by atoms with Crippen LogP contribution in [0, 0.1) is 5.82 Å². The highest BCUT2D eigenvalue weighted by Crippen LogP contribution is 2.25. The van der Waals surface area contributed by atoms with Crippen LogP contribution in [0.4, 0.5) is 4.39 Å². The fourth-order valence-corrected chi connectivity index (χ4v) is 2.49. The Kier molecular flexibility index (Phi) is 6.24. The highest BCUT2D eigenvalue weighted by molar-refractivity contribution is 6.06. The van der Waals surface area contributed by atoms with E-state index in [4.69, 9.17) is 9.15 Å². The molecule has 0 saturated heterocycles. The van der Waals surface area contributed by atoms with Crippen molar-refractivity contribution < 1.29 is 23.1 Å². The van der Waals surface area contributed by atoms with Gasteiger partial charge in [0.05, 0.1) is 5.56 Å². The van der Waals surface area contributed by atoms with Gasteiger partial charge in [0, 0.05) is 19.7 Å². The number of furan rings is 1. The smallest absolute Gasteiger partial charge is 0.259 e. The first-order valence-electron chi connectivity index (χ1n) is 8.94. The van der Waals surface area contributed by atoms with E-state index in [0.29, 0.717) is 28.4 Å². The second-order valence-corrected chi connectivity index (χ2v) is 6.48. The third kappa shape index (κ3) is 5.19. The maximum Gasteiger partial charge on any atom is 0.259 e. The summed E-state index contributed by atoms with van der Waals surface area (Å²) in [6.07, 6.45) is 2.92. The van der Waals surface area contributed by atoms with E-state index in [2.05, 4.69) is 0 Å². The minimum Gasteiger partial charge on any atom is -0.484 e. The molecular formula is C23H20FNO4. The van der Waals surface area contributed by atoms with E-state index in [1.165, 1.54) is 23.1 Å². The van der Waals surface area contributed by atoms with Gasteiger partial charge in [-0.2, -0.15) is 0 Å². The van der Waals surface area contributed by atoms with Gasteiger partial charge < -0.3 is 14.1 Å². The van der Waals surface area contributed by atoms with E-state index in [0.717, 1.165) is 0 Å². The van der Waals surface area contributed by atoms with E-state index in [1.54, 1.807) is 68.7 Å². The van der Waals surface area contributed by atoms with Crippen molar-refractivity contribution in [2.24, 2.45) is 0 Å². The van der Waals surface area contributed by atoms with Gasteiger partial charge in [0.2, 0.25) is 0 Å². The van der Waals surface area contributed by atoms with Crippen molar-refractivity contribution in [2.75, 3.05) is 20.7 Å². The number of hydrogen-bond donors (Lipinski definition) is 0. The van der Waals surface area contributed by atoms with Crippen LogP contribution in [0.15, 0.2) is 71.2 Å². The third-order valence-corrected chi connectivity index (χ3v) is 4.17. The van der Waals surface area contributed by atoms with Crippen molar-refractivity contribution in [3.8, 4) is 17.1 Å². The zero-order valence-corrected chi connectivity index (χ0v) is 16.1. The Labute approximate surface area is 168 Å². The second-order valence-electron chi connectivity index (χ2n) is 6.48. The average molecular weight is 393 g/mol. The Morgan fingerprint density at radius 2 is 1.76 bits per heavy atom. The lowest BCUT2D eigenvalue weighted by Gasteiger charge is -2.11. The van der Waals surface area contributed by atoms with Crippen LogP contribution in [-0.2, 0) is 4.79 Å². The number of carbonyl (C=O) groups is 2. The summed E-state index contributed by atoms with van der Waals surface area (Å²) in [7, 11) is 3.30. The van der Waals surface area contributed by atoms with Gasteiger partial charge in [-0.05, 0) is 60.7 Å². The topological polar surface area (TPSA) is 59.8 Å². The summed E-state index contributed by atoms with van der Waals surface area (Å²) in [6, 6.07) is 16.2. The van der Waals surface area contributed by atoms with Gasteiger partial charge in [0.25, 0.3) is 5.91 Å². The fourth-order valence-electron chi connectivity index (χ4n) is 2.49. The molecule has 5 nitrogen and oxygen atoms in total. The number of carbonyl (C=O) groups excluding carboxylic acids is 2. The maximum atomic E-state index is 13.8. The lowest BCUT2D eigenvalue weighted by molar-refractivity contribution is -0.130. The van der Waals surface area contributed by atoms with E-state index >= 15 is 0 Å². The molecule has 0 bridgehead atoms. The van der Waals surface area contributed by atoms with Gasteiger partial charge in [-0.3, -0.25) is 9.59 Å². The summed E-state index contributed by atoms with van der Waals surface area (Å²) < 4.78 is 24.8. The number of benzene rings is 2. The molecule has 0 N–H and O–H groups in total. The zero-order valence-electron chi connectivity index (χ0n) is 16.1. The van der Waals surface area contributed by atoms with Crippen molar-refractivity contribution in [2.45, 2.75) is 0 Å². The summed E-state index contributed by atoms with van der Waals surface area (Å²) in [5.41, 5.74) is 0.829. The normalized spacial score (nSPS) is 10.9. The molecule has 1 aromatic heterocycles. The Morgan fingerprint density at radius 1 is 1.03 bits per heavy atom. The summed E-state index contributed by atoms with van der Waals surface area (Å²) in [5.74, 6) is 0.595. The van der Waals surface area contributed by atoms with E-state index < -0.39 is 0 Å². The quantitative estimate of drug-likeness (QED) is 0.440. The monoisotopic (exact) mass is 393 g/mol. The number of likely N-dealkylation sites (N-methyl/N-ethyl adjacent to an activating group) is 1. The van der Waals surface area contributed by atoms with Crippen molar-refractivity contribution in [1.29, 1.82) is 0 Å². The molecule has 3 rings (SSSR count). The number of nitrogens with zero attached hydrogens (tertiary/aromatic N) is 1. The van der Waals surface area contributed by atoms with E-state index in [1.807, 2.05) is 0 Å².